The molecule has 2 aliphatic carbocycles. The lowest BCUT2D eigenvalue weighted by Gasteiger charge is -2.54. The summed E-state index contributed by atoms with van der Waals surface area (Å²) in [5.74, 6) is -0.0754. The van der Waals surface area contributed by atoms with Gasteiger partial charge in [-0.25, -0.2) is 4.79 Å². The van der Waals surface area contributed by atoms with Crippen molar-refractivity contribution in [3.8, 4) is 0 Å². The van der Waals surface area contributed by atoms with E-state index in [4.69, 9.17) is 8.84 Å². The first-order chi connectivity index (χ1) is 10.5. The van der Waals surface area contributed by atoms with Gasteiger partial charge in [-0.05, 0) is 43.9 Å². The van der Waals surface area contributed by atoms with Crippen LogP contribution < -0.4 is 5.32 Å². The zero-order valence-corrected chi connectivity index (χ0v) is 13.6. The number of urea groups is 1. The summed E-state index contributed by atoms with van der Waals surface area (Å²) >= 11 is 0.143. The van der Waals surface area contributed by atoms with Gasteiger partial charge in [-0.3, -0.25) is 4.79 Å². The highest BCUT2D eigenvalue weighted by atomic mass is 32.2. The van der Waals surface area contributed by atoms with E-state index in [2.05, 4.69) is 5.32 Å². The highest BCUT2D eigenvalue weighted by Gasteiger charge is 2.49. The largest absolute Gasteiger partial charge is 0.352 e. The number of hydrogen-bond acceptors (Lipinski definition) is 5. The Balaban J connectivity index is 1.54. The van der Waals surface area contributed by atoms with Crippen molar-refractivity contribution in [2.45, 2.75) is 57.0 Å². The molecule has 1 heterocycles. The van der Waals surface area contributed by atoms with Gasteiger partial charge in [-0.2, -0.15) is 9.35 Å². The van der Waals surface area contributed by atoms with E-state index in [-0.39, 0.29) is 24.3 Å². The summed E-state index contributed by atoms with van der Waals surface area (Å²) in [5.41, 5.74) is 0.520. The molecule has 8 heteroatoms. The van der Waals surface area contributed by atoms with Crippen LogP contribution >= 0.6 is 12.3 Å². The number of amides is 3. The molecule has 1 atom stereocenters. The van der Waals surface area contributed by atoms with Crippen molar-refractivity contribution in [3.63, 3.8) is 0 Å². The summed E-state index contributed by atoms with van der Waals surface area (Å²) in [6.07, 6.45) is 7.34. The number of rotatable bonds is 4. The van der Waals surface area contributed by atoms with Crippen LogP contribution in [-0.2, 0) is 9.08 Å². The molecule has 0 radical (unpaired) electrons. The first-order valence-electron chi connectivity index (χ1n) is 7.88. The summed E-state index contributed by atoms with van der Waals surface area (Å²) in [5, 5.41) is 4.18. The first-order valence-corrected chi connectivity index (χ1v) is 8.57. The third kappa shape index (κ3) is 2.91. The lowest BCUT2D eigenvalue weighted by Crippen LogP contribution is -2.57. The molecule has 2 N–H and O–H groups in total. The van der Waals surface area contributed by atoms with E-state index in [9.17, 15) is 9.59 Å². The molecule has 3 aliphatic rings. The highest BCUT2D eigenvalue weighted by molar-refractivity contribution is 7.88. The minimum atomic E-state index is -0.470. The number of carbonyl (C=O) groups is 2. The van der Waals surface area contributed by atoms with Crippen LogP contribution in [0.1, 0.15) is 44.9 Å². The van der Waals surface area contributed by atoms with Crippen molar-refractivity contribution < 1.29 is 18.4 Å². The van der Waals surface area contributed by atoms with E-state index >= 15 is 0 Å². The van der Waals surface area contributed by atoms with Gasteiger partial charge in [0.1, 0.15) is 6.04 Å². The molecule has 1 spiro atoms. The Morgan fingerprint density at radius 2 is 2.14 bits per heavy atom. The molecule has 22 heavy (non-hydrogen) atoms. The predicted molar refractivity (Wildman–Crippen MR) is 81.6 cm³/mol. The smallest absolute Gasteiger partial charge is 0.345 e. The van der Waals surface area contributed by atoms with Gasteiger partial charge < -0.3 is 14.8 Å². The fourth-order valence-corrected chi connectivity index (χ4v) is 4.13. The second-order valence-electron chi connectivity index (χ2n) is 6.77. The van der Waals surface area contributed by atoms with E-state index in [0.717, 1.165) is 17.9 Å². The normalized spacial score (nSPS) is 28.1. The molecule has 0 aromatic rings. The minimum absolute atomic E-state index is 0.0754. The van der Waals surface area contributed by atoms with Gasteiger partial charge in [0.05, 0.1) is 6.54 Å². The maximum Gasteiger partial charge on any atom is 0.345 e. The molecular formula is C14H23N3O4S. The van der Waals surface area contributed by atoms with Crippen molar-refractivity contribution in [1.29, 1.82) is 0 Å². The summed E-state index contributed by atoms with van der Waals surface area (Å²) < 4.78 is 13.5. The second-order valence-corrected chi connectivity index (χ2v) is 7.07. The molecule has 2 saturated carbocycles. The van der Waals surface area contributed by atoms with Gasteiger partial charge in [0.15, 0.2) is 12.3 Å². The van der Waals surface area contributed by atoms with E-state index in [1.165, 1.54) is 24.2 Å². The monoisotopic (exact) mass is 329 g/mol. The molecule has 3 fully saturated rings. The maximum absolute atomic E-state index is 12.5. The molecule has 3 amide bonds. The predicted octanol–water partition coefficient (Wildman–Crippen LogP) is 2.00. The molecule has 124 valence electrons. The Morgan fingerprint density at radius 1 is 1.41 bits per heavy atom. The Kier molecular flexibility index (Phi) is 4.52. The van der Waals surface area contributed by atoms with Crippen LogP contribution in [0.5, 0.6) is 0 Å². The zero-order chi connectivity index (χ0) is 15.7. The Bertz CT molecular complexity index is 449. The van der Waals surface area contributed by atoms with Gasteiger partial charge >= 0.3 is 6.03 Å². The number of nitrogens with one attached hydrogen (secondary N) is 1. The molecule has 1 aliphatic heterocycles. The van der Waals surface area contributed by atoms with Gasteiger partial charge in [-0.15, -0.1) is 0 Å². The molecular weight excluding hydrogens is 306 g/mol. The van der Waals surface area contributed by atoms with Crippen molar-refractivity contribution in [3.05, 3.63) is 0 Å². The molecule has 3 rings (SSSR count). The van der Waals surface area contributed by atoms with Gasteiger partial charge in [0.25, 0.3) is 0 Å². The summed E-state index contributed by atoms with van der Waals surface area (Å²) in [6, 6.07) is -0.606. The fraction of sp³-hybridized carbons (Fsp3) is 0.857. The summed E-state index contributed by atoms with van der Waals surface area (Å²) in [7, 11) is 1.60. The average molecular weight is 329 g/mol. The molecule has 0 bridgehead atoms. The van der Waals surface area contributed by atoms with Crippen LogP contribution in [0.25, 0.3) is 0 Å². The molecule has 7 nitrogen and oxygen atoms in total. The quantitative estimate of drug-likeness (QED) is 0.771. The zero-order valence-electron chi connectivity index (χ0n) is 12.8. The number of nitrogens with zero attached hydrogens (tertiary/aromatic N) is 2. The summed E-state index contributed by atoms with van der Waals surface area (Å²) in [6.45, 7) is 0.368. The average Bonchev–Trinajstić information content (AvgIpc) is 2.54. The van der Waals surface area contributed by atoms with Crippen molar-refractivity contribution in [2.24, 2.45) is 5.41 Å². The van der Waals surface area contributed by atoms with Crippen molar-refractivity contribution in [2.75, 3.05) is 13.6 Å². The molecule has 1 saturated heterocycles. The Hall–Kier alpha value is -0.990. The second kappa shape index (κ2) is 6.25. The van der Waals surface area contributed by atoms with Gasteiger partial charge in [0, 0.05) is 13.1 Å². The maximum atomic E-state index is 12.5. The standard InChI is InChI=1S/C14H23N3O4S/c1-16-11(4-2-7-17(13(16)19)21-22-20)12(18)15-10-8-14(9-10)5-3-6-14/h10-11,20H,2-9H2,1H3,(H,15,18)/t11-/m0/s1. The van der Waals surface area contributed by atoms with Crippen molar-refractivity contribution in [1.82, 2.24) is 15.3 Å². The Labute approximate surface area is 134 Å². The topological polar surface area (TPSA) is 82.1 Å². The highest BCUT2D eigenvalue weighted by Crippen LogP contribution is 2.55. The van der Waals surface area contributed by atoms with Crippen LogP contribution in [0.4, 0.5) is 4.79 Å². The van der Waals surface area contributed by atoms with E-state index < -0.39 is 12.1 Å². The molecule has 0 aromatic carbocycles. The van der Waals surface area contributed by atoms with E-state index in [1.807, 2.05) is 0 Å². The van der Waals surface area contributed by atoms with Crippen LogP contribution in [0.3, 0.4) is 0 Å². The van der Waals surface area contributed by atoms with Gasteiger partial charge in [-0.1, -0.05) is 6.42 Å². The molecule has 0 aromatic heterocycles. The molecule has 0 unspecified atom stereocenters. The Morgan fingerprint density at radius 3 is 2.73 bits per heavy atom. The number of hydrogen-bond donors (Lipinski definition) is 2. The number of hydroxylamine groups is 2. The van der Waals surface area contributed by atoms with E-state index in [0.29, 0.717) is 24.8 Å². The van der Waals surface area contributed by atoms with Crippen LogP contribution in [0, 0.1) is 5.41 Å². The van der Waals surface area contributed by atoms with E-state index in [1.54, 1.807) is 7.05 Å². The SMILES string of the molecule is CN1C(=O)N(OSO)CCC[C@H]1C(=O)NC1CC2(CCC2)C1. The lowest BCUT2D eigenvalue weighted by molar-refractivity contribution is -0.128. The fourth-order valence-electron chi connectivity index (χ4n) is 3.91. The van der Waals surface area contributed by atoms with Crippen LogP contribution in [0.15, 0.2) is 0 Å². The third-order valence-electron chi connectivity index (χ3n) is 5.37. The van der Waals surface area contributed by atoms with Gasteiger partial charge in [0.2, 0.25) is 5.91 Å². The van der Waals surface area contributed by atoms with Crippen LogP contribution in [-0.4, -0.2) is 52.1 Å². The minimum Gasteiger partial charge on any atom is -0.352 e. The summed E-state index contributed by atoms with van der Waals surface area (Å²) in [4.78, 5) is 26.1. The number of likely N-dealkylation sites (N-methyl/N-ethyl adjacent to an activating group) is 1. The lowest BCUT2D eigenvalue weighted by atomic mass is 9.54. The van der Waals surface area contributed by atoms with Crippen molar-refractivity contribution >= 4 is 24.3 Å². The number of carbonyl (C=O) groups excluding carboxylic acids is 2. The first kappa shape index (κ1) is 15.9. The third-order valence-corrected chi connectivity index (χ3v) is 5.61. The van der Waals surface area contributed by atoms with Crippen LogP contribution in [0.2, 0.25) is 0 Å².